The Bertz CT molecular complexity index is 512. The summed E-state index contributed by atoms with van der Waals surface area (Å²) in [6, 6.07) is 10.3. The van der Waals surface area contributed by atoms with Crippen molar-refractivity contribution in [3.8, 4) is 5.75 Å². The molecule has 0 fully saturated rings. The molecule has 0 atom stereocenters. The van der Waals surface area contributed by atoms with Crippen molar-refractivity contribution in [2.24, 2.45) is 7.05 Å². The van der Waals surface area contributed by atoms with E-state index in [1.54, 1.807) is 6.20 Å². The SMILES string of the molecule is Cc1ccc(Cc2cc(OC=O)cn2C)cc1. The zero-order chi connectivity index (χ0) is 12.3. The number of carbonyl (C=O) groups excluding carboxylic acids is 1. The monoisotopic (exact) mass is 229 g/mol. The van der Waals surface area contributed by atoms with E-state index in [1.807, 2.05) is 17.7 Å². The third kappa shape index (κ3) is 2.75. The van der Waals surface area contributed by atoms with E-state index in [0.29, 0.717) is 12.2 Å². The van der Waals surface area contributed by atoms with Gasteiger partial charge >= 0.3 is 0 Å². The van der Waals surface area contributed by atoms with Crippen molar-refractivity contribution < 1.29 is 9.53 Å². The molecule has 0 radical (unpaired) electrons. The molecule has 0 aliphatic carbocycles. The lowest BCUT2D eigenvalue weighted by atomic mass is 10.1. The number of carbonyl (C=O) groups is 1. The van der Waals surface area contributed by atoms with Crippen LogP contribution in [0, 0.1) is 6.92 Å². The number of ether oxygens (including phenoxy) is 1. The Labute approximate surface area is 101 Å². The van der Waals surface area contributed by atoms with Crippen molar-refractivity contribution in [3.63, 3.8) is 0 Å². The van der Waals surface area contributed by atoms with Crippen molar-refractivity contribution in [2.75, 3.05) is 0 Å². The lowest BCUT2D eigenvalue weighted by Gasteiger charge is -2.03. The van der Waals surface area contributed by atoms with E-state index >= 15 is 0 Å². The van der Waals surface area contributed by atoms with Crippen LogP contribution in [0.25, 0.3) is 0 Å². The molecule has 0 saturated carbocycles. The second kappa shape index (κ2) is 4.87. The van der Waals surface area contributed by atoms with E-state index in [-0.39, 0.29) is 0 Å². The summed E-state index contributed by atoms with van der Waals surface area (Å²) in [6.45, 7) is 2.52. The fourth-order valence-corrected chi connectivity index (χ4v) is 1.79. The van der Waals surface area contributed by atoms with E-state index in [0.717, 1.165) is 12.1 Å². The number of hydrogen-bond acceptors (Lipinski definition) is 2. The summed E-state index contributed by atoms with van der Waals surface area (Å²) in [6.07, 6.45) is 2.64. The molecule has 0 bridgehead atoms. The summed E-state index contributed by atoms with van der Waals surface area (Å²) in [5.41, 5.74) is 3.62. The standard InChI is InChI=1S/C14H15NO2/c1-11-3-5-12(6-4-11)7-13-8-14(17-10-16)9-15(13)2/h3-6,8-10H,7H2,1-2H3. The van der Waals surface area contributed by atoms with Crippen LogP contribution in [0.4, 0.5) is 0 Å². The maximum absolute atomic E-state index is 10.3. The summed E-state index contributed by atoms with van der Waals surface area (Å²) >= 11 is 0. The van der Waals surface area contributed by atoms with Crippen molar-refractivity contribution in [2.45, 2.75) is 13.3 Å². The van der Waals surface area contributed by atoms with E-state index in [1.165, 1.54) is 11.1 Å². The molecule has 1 aromatic carbocycles. The molecule has 0 unspecified atom stereocenters. The van der Waals surface area contributed by atoms with Crippen molar-refractivity contribution >= 4 is 6.47 Å². The molecule has 1 heterocycles. The zero-order valence-electron chi connectivity index (χ0n) is 10.0. The molecule has 3 nitrogen and oxygen atoms in total. The van der Waals surface area contributed by atoms with Crippen LogP contribution in [-0.4, -0.2) is 11.0 Å². The predicted octanol–water partition coefficient (Wildman–Crippen LogP) is 2.46. The average molecular weight is 229 g/mol. The first-order valence-corrected chi connectivity index (χ1v) is 5.50. The summed E-state index contributed by atoms with van der Waals surface area (Å²) in [5, 5.41) is 0. The minimum atomic E-state index is 0.449. The third-order valence-corrected chi connectivity index (χ3v) is 2.77. The number of aromatic nitrogens is 1. The van der Waals surface area contributed by atoms with Gasteiger partial charge in [-0.05, 0) is 12.5 Å². The van der Waals surface area contributed by atoms with Gasteiger partial charge in [0.1, 0.15) is 5.75 Å². The molecule has 1 aromatic heterocycles. The fourth-order valence-electron chi connectivity index (χ4n) is 1.79. The van der Waals surface area contributed by atoms with Crippen LogP contribution >= 0.6 is 0 Å². The molecule has 0 saturated heterocycles. The molecule has 2 rings (SSSR count). The van der Waals surface area contributed by atoms with E-state index in [9.17, 15) is 4.79 Å². The van der Waals surface area contributed by atoms with E-state index in [4.69, 9.17) is 4.74 Å². The maximum atomic E-state index is 10.3. The molecular weight excluding hydrogens is 214 g/mol. The minimum absolute atomic E-state index is 0.449. The highest BCUT2D eigenvalue weighted by atomic mass is 16.5. The first-order chi connectivity index (χ1) is 8.19. The van der Waals surface area contributed by atoms with E-state index in [2.05, 4.69) is 31.2 Å². The van der Waals surface area contributed by atoms with Crippen LogP contribution < -0.4 is 4.74 Å². The Kier molecular flexibility index (Phi) is 3.28. The van der Waals surface area contributed by atoms with Gasteiger partial charge in [0, 0.05) is 31.4 Å². The first kappa shape index (κ1) is 11.5. The van der Waals surface area contributed by atoms with Crippen LogP contribution in [0.15, 0.2) is 36.5 Å². The molecule has 2 aromatic rings. The van der Waals surface area contributed by atoms with Gasteiger partial charge in [-0.2, -0.15) is 0 Å². The maximum Gasteiger partial charge on any atom is 0.298 e. The Balaban J connectivity index is 2.17. The zero-order valence-corrected chi connectivity index (χ0v) is 10.0. The first-order valence-electron chi connectivity index (χ1n) is 5.50. The predicted molar refractivity (Wildman–Crippen MR) is 66.1 cm³/mol. The molecule has 3 heteroatoms. The smallest absolute Gasteiger partial charge is 0.298 e. The average Bonchev–Trinajstić information content (AvgIpc) is 2.63. The highest BCUT2D eigenvalue weighted by Gasteiger charge is 2.04. The van der Waals surface area contributed by atoms with Gasteiger partial charge < -0.3 is 9.30 Å². The van der Waals surface area contributed by atoms with Gasteiger partial charge in [-0.3, -0.25) is 4.79 Å². The molecular formula is C14H15NO2. The highest BCUT2D eigenvalue weighted by molar-refractivity contribution is 5.45. The van der Waals surface area contributed by atoms with Gasteiger partial charge in [0.05, 0.1) is 0 Å². The largest absolute Gasteiger partial charge is 0.427 e. The number of benzene rings is 1. The van der Waals surface area contributed by atoms with Crippen molar-refractivity contribution in [1.82, 2.24) is 4.57 Å². The van der Waals surface area contributed by atoms with Crippen LogP contribution in [0.1, 0.15) is 16.8 Å². The van der Waals surface area contributed by atoms with Crippen LogP contribution in [-0.2, 0) is 18.3 Å². The quantitative estimate of drug-likeness (QED) is 0.754. The molecule has 17 heavy (non-hydrogen) atoms. The van der Waals surface area contributed by atoms with Gasteiger partial charge in [-0.15, -0.1) is 0 Å². The molecule has 0 N–H and O–H groups in total. The third-order valence-electron chi connectivity index (χ3n) is 2.77. The number of rotatable bonds is 4. The number of aryl methyl sites for hydroxylation is 2. The molecule has 88 valence electrons. The van der Waals surface area contributed by atoms with Crippen LogP contribution in [0.5, 0.6) is 5.75 Å². The molecule has 0 aliphatic rings. The van der Waals surface area contributed by atoms with Crippen LogP contribution in [0.2, 0.25) is 0 Å². The normalized spacial score (nSPS) is 10.2. The summed E-state index contributed by atoms with van der Waals surface area (Å²) in [4.78, 5) is 10.3. The number of nitrogens with zero attached hydrogens (tertiary/aromatic N) is 1. The lowest BCUT2D eigenvalue weighted by Crippen LogP contribution is -1.95. The Morgan fingerprint density at radius 2 is 2.00 bits per heavy atom. The lowest BCUT2D eigenvalue weighted by molar-refractivity contribution is -0.120. The molecule has 0 spiro atoms. The Morgan fingerprint density at radius 3 is 2.65 bits per heavy atom. The van der Waals surface area contributed by atoms with Crippen molar-refractivity contribution in [3.05, 3.63) is 53.3 Å². The second-order valence-electron chi connectivity index (χ2n) is 4.15. The van der Waals surface area contributed by atoms with Gasteiger partial charge in [-0.1, -0.05) is 29.8 Å². The van der Waals surface area contributed by atoms with E-state index < -0.39 is 0 Å². The topological polar surface area (TPSA) is 31.2 Å². The Hall–Kier alpha value is -2.03. The van der Waals surface area contributed by atoms with Crippen LogP contribution in [0.3, 0.4) is 0 Å². The molecule has 0 amide bonds. The minimum Gasteiger partial charge on any atom is -0.427 e. The van der Waals surface area contributed by atoms with Gasteiger partial charge in [-0.25, -0.2) is 0 Å². The summed E-state index contributed by atoms with van der Waals surface area (Å²) in [7, 11) is 1.95. The second-order valence-corrected chi connectivity index (χ2v) is 4.15. The van der Waals surface area contributed by atoms with Gasteiger partial charge in [0.25, 0.3) is 6.47 Å². The summed E-state index contributed by atoms with van der Waals surface area (Å²) < 4.78 is 6.79. The number of hydrogen-bond donors (Lipinski definition) is 0. The van der Waals surface area contributed by atoms with Crippen molar-refractivity contribution in [1.29, 1.82) is 0 Å². The van der Waals surface area contributed by atoms with Gasteiger partial charge in [0.15, 0.2) is 0 Å². The highest BCUT2D eigenvalue weighted by Crippen LogP contribution is 2.18. The van der Waals surface area contributed by atoms with Gasteiger partial charge in [0.2, 0.25) is 0 Å². The molecule has 0 aliphatic heterocycles. The summed E-state index contributed by atoms with van der Waals surface area (Å²) in [5.74, 6) is 0.588. The Morgan fingerprint density at radius 1 is 1.29 bits per heavy atom. The fraction of sp³-hybridized carbons (Fsp3) is 0.214.